The molecule has 0 fully saturated rings. The van der Waals surface area contributed by atoms with Crippen LogP contribution in [-0.4, -0.2) is 39.5 Å². The minimum absolute atomic E-state index is 0.0951. The average molecular weight is 960 g/mol. The molecule has 3 nitrogen and oxygen atoms in total. The van der Waals surface area contributed by atoms with Crippen molar-refractivity contribution >= 4 is 34.6 Å². The van der Waals surface area contributed by atoms with E-state index in [1.165, 1.54) is 40.0 Å². The van der Waals surface area contributed by atoms with Gasteiger partial charge in [0.1, 0.15) is 17.2 Å². The maximum Gasteiger partial charge on any atom is 0.123 e. The Bertz CT molecular complexity index is 2270. The third kappa shape index (κ3) is 15.6. The third-order valence-corrected chi connectivity index (χ3v) is 26.8. The molecule has 67 heavy (non-hydrogen) atoms. The smallest absolute Gasteiger partial charge is 0.123 e. The molecule has 0 atom stereocenters. The van der Waals surface area contributed by atoms with Gasteiger partial charge in [-0.2, -0.15) is 0 Å². The Morgan fingerprint density at radius 1 is 0.388 bits per heavy atom. The first kappa shape index (κ1) is 57.5. The number of hydrogen-bond donors (Lipinski definition) is 3. The van der Waals surface area contributed by atoms with Crippen LogP contribution >= 0.6 is 0 Å². The van der Waals surface area contributed by atoms with Gasteiger partial charge in [0.15, 0.2) is 0 Å². The molecular formula is C61H94O3Si3. The summed E-state index contributed by atoms with van der Waals surface area (Å²) in [6.07, 6.45) is 3.29. The summed E-state index contributed by atoms with van der Waals surface area (Å²) in [5.41, 5.74) is 9.99. The molecule has 0 aliphatic heterocycles. The van der Waals surface area contributed by atoms with Gasteiger partial charge < -0.3 is 15.3 Å². The van der Waals surface area contributed by atoms with Crippen LogP contribution < -0.4 is 10.4 Å². The van der Waals surface area contributed by atoms with Crippen LogP contribution in [0.15, 0.2) is 97.1 Å². The van der Waals surface area contributed by atoms with Crippen molar-refractivity contribution in [2.45, 2.75) is 202 Å². The first-order chi connectivity index (χ1) is 30.5. The molecule has 0 radical (unpaired) electrons. The van der Waals surface area contributed by atoms with E-state index in [1.807, 2.05) is 27.7 Å². The second kappa shape index (κ2) is 22.3. The molecule has 0 saturated carbocycles. The predicted octanol–water partition coefficient (Wildman–Crippen LogP) is 16.5. The molecule has 0 saturated heterocycles. The Balaban J connectivity index is 0.000000289. The molecule has 0 unspecified atom stereocenters. The molecule has 368 valence electrons. The van der Waals surface area contributed by atoms with E-state index in [9.17, 15) is 15.3 Å². The fraction of sp³-hybridized carbons (Fsp3) is 0.508. The Morgan fingerprint density at radius 3 is 1.03 bits per heavy atom. The Kier molecular flexibility index (Phi) is 19.1. The summed E-state index contributed by atoms with van der Waals surface area (Å²) in [7, 11) is -4.28. The van der Waals surface area contributed by atoms with Crippen LogP contribution in [-0.2, 0) is 30.1 Å². The summed E-state index contributed by atoms with van der Waals surface area (Å²) in [6, 6.07) is 39.0. The highest BCUT2D eigenvalue weighted by atomic mass is 28.3. The van der Waals surface area contributed by atoms with Crippen molar-refractivity contribution in [2.24, 2.45) is 0 Å². The van der Waals surface area contributed by atoms with Crippen molar-refractivity contribution in [2.75, 3.05) is 0 Å². The molecule has 0 amide bonds. The van der Waals surface area contributed by atoms with Gasteiger partial charge >= 0.3 is 0 Å². The second-order valence-electron chi connectivity index (χ2n) is 25.8. The largest absolute Gasteiger partial charge is 0.507 e. The van der Waals surface area contributed by atoms with Crippen LogP contribution in [0.1, 0.15) is 133 Å². The van der Waals surface area contributed by atoms with Crippen LogP contribution in [0.25, 0.3) is 0 Å². The van der Waals surface area contributed by atoms with Crippen LogP contribution in [0.4, 0.5) is 0 Å². The predicted molar refractivity (Wildman–Crippen MR) is 304 cm³/mol. The van der Waals surface area contributed by atoms with Crippen molar-refractivity contribution in [3.8, 4) is 17.2 Å². The summed E-state index contributed by atoms with van der Waals surface area (Å²) in [6.45, 7) is 47.9. The Labute approximate surface area is 414 Å². The molecule has 5 aromatic carbocycles. The van der Waals surface area contributed by atoms with Crippen LogP contribution in [0.5, 0.6) is 17.2 Å². The van der Waals surface area contributed by atoms with Crippen molar-refractivity contribution in [1.82, 2.24) is 0 Å². The molecule has 0 aromatic heterocycles. The Morgan fingerprint density at radius 2 is 0.701 bits per heavy atom. The quantitative estimate of drug-likeness (QED) is 0.116. The zero-order chi connectivity index (χ0) is 51.1. The highest BCUT2D eigenvalue weighted by Crippen LogP contribution is 2.53. The van der Waals surface area contributed by atoms with Crippen LogP contribution in [0, 0.1) is 27.7 Å². The van der Waals surface area contributed by atoms with E-state index in [0.29, 0.717) is 17.2 Å². The maximum absolute atomic E-state index is 11.2. The number of benzene rings is 5. The van der Waals surface area contributed by atoms with E-state index < -0.39 is 24.2 Å². The van der Waals surface area contributed by atoms with E-state index in [2.05, 4.69) is 213 Å². The fourth-order valence-corrected chi connectivity index (χ4v) is 20.8. The monoisotopic (exact) mass is 959 g/mol. The highest BCUT2D eigenvalue weighted by Gasteiger charge is 2.53. The van der Waals surface area contributed by atoms with E-state index in [-0.39, 0.29) is 20.9 Å². The van der Waals surface area contributed by atoms with Crippen molar-refractivity contribution in [3.63, 3.8) is 0 Å². The summed E-state index contributed by atoms with van der Waals surface area (Å²) in [4.78, 5) is 0. The minimum Gasteiger partial charge on any atom is -0.507 e. The van der Waals surface area contributed by atoms with Gasteiger partial charge in [-0.3, -0.25) is 0 Å². The number of aromatic hydroxyl groups is 3. The molecule has 0 bridgehead atoms. The SMILES string of the molecule is CC(C)(C)c1cc(CC[Si](c2ccccc2)(C(C)(C)C)C(C)(C)C)cc(C(C)(C)C)c1O.Cc1cc(CC[Si](C)(C)C)cc(C)c1O.Cc1cc(CC[Si](C)(C)c2ccccc2)cc(C)c1O. The summed E-state index contributed by atoms with van der Waals surface area (Å²) in [5, 5.41) is 34.2. The summed E-state index contributed by atoms with van der Waals surface area (Å²) < 4.78 is 0. The van der Waals surface area contributed by atoms with E-state index in [1.54, 1.807) is 5.19 Å². The molecule has 3 N–H and O–H groups in total. The Hall–Kier alpha value is -3.85. The zero-order valence-electron chi connectivity index (χ0n) is 46.3. The number of aryl methyl sites for hydroxylation is 7. The topological polar surface area (TPSA) is 60.7 Å². The van der Waals surface area contributed by atoms with Gasteiger partial charge in [-0.05, 0) is 130 Å². The van der Waals surface area contributed by atoms with Gasteiger partial charge in [0.05, 0.1) is 16.1 Å². The lowest BCUT2D eigenvalue weighted by atomic mass is 9.78. The van der Waals surface area contributed by atoms with Gasteiger partial charge in [0.25, 0.3) is 0 Å². The second-order valence-corrected chi connectivity index (χ2v) is 42.1. The summed E-state index contributed by atoms with van der Waals surface area (Å²) >= 11 is 0. The molecule has 5 aromatic rings. The normalized spacial score (nSPS) is 12.8. The highest BCUT2D eigenvalue weighted by molar-refractivity contribution is 6.96. The van der Waals surface area contributed by atoms with Gasteiger partial charge in [-0.25, -0.2) is 0 Å². The lowest BCUT2D eigenvalue weighted by Crippen LogP contribution is -2.61. The lowest BCUT2D eigenvalue weighted by molar-refractivity contribution is 0.422. The number of phenols is 3. The molecule has 5 rings (SSSR count). The number of hydrogen-bond acceptors (Lipinski definition) is 3. The fourth-order valence-electron chi connectivity index (χ4n) is 10.3. The number of rotatable bonds is 11. The lowest BCUT2D eigenvalue weighted by Gasteiger charge is -2.53. The molecule has 6 heteroatoms. The van der Waals surface area contributed by atoms with E-state index in [4.69, 9.17) is 0 Å². The first-order valence-corrected chi connectivity index (χ1v) is 34.2. The average Bonchev–Trinajstić information content (AvgIpc) is 3.20. The third-order valence-electron chi connectivity index (χ3n) is 14.3. The molecule has 0 aliphatic rings. The summed E-state index contributed by atoms with van der Waals surface area (Å²) in [5.74, 6) is 1.37. The molecule has 0 heterocycles. The standard InChI is InChI=1S/C30H48OSi.C18H24OSi.C13H22OSi/c1-27(2,3)24-20-22(21-25(26(24)31)28(4,5)6)18-19-32(29(7,8)9,30(10,11)12)23-16-14-13-15-17-23;1-14-12-16(13-15(2)18(14)19)10-11-20(3,4)17-8-6-5-7-9-17;1-10-8-12(6-7-15(3,4)5)9-11(2)13(10)14/h13-17,20-21,31H,18-19H2,1-12H3;5-9,12-13,19H,10-11H2,1-4H3;8-9,14H,6-7H2,1-5H3. The zero-order valence-corrected chi connectivity index (χ0v) is 49.3. The van der Waals surface area contributed by atoms with Crippen LogP contribution in [0.2, 0.25) is 60.9 Å². The van der Waals surface area contributed by atoms with Crippen molar-refractivity contribution in [3.05, 3.63) is 147 Å². The molecule has 0 aliphatic carbocycles. The van der Waals surface area contributed by atoms with Crippen LogP contribution in [0.3, 0.4) is 0 Å². The minimum atomic E-state index is -1.96. The van der Waals surface area contributed by atoms with E-state index in [0.717, 1.165) is 52.6 Å². The van der Waals surface area contributed by atoms with Gasteiger partial charge in [0.2, 0.25) is 0 Å². The van der Waals surface area contributed by atoms with Gasteiger partial charge in [-0.1, -0.05) is 229 Å². The number of phenolic OH excluding ortho intramolecular Hbond substituents is 3. The van der Waals surface area contributed by atoms with Crippen molar-refractivity contribution < 1.29 is 15.3 Å². The van der Waals surface area contributed by atoms with E-state index >= 15 is 0 Å². The van der Waals surface area contributed by atoms with Crippen molar-refractivity contribution in [1.29, 1.82) is 0 Å². The molecule has 0 spiro atoms. The first-order valence-electron chi connectivity index (χ1n) is 25.1. The van der Waals surface area contributed by atoms with Gasteiger partial charge in [-0.15, -0.1) is 0 Å². The molecular weight excluding hydrogens is 865 g/mol. The van der Waals surface area contributed by atoms with Gasteiger partial charge in [0, 0.05) is 8.07 Å². The maximum atomic E-state index is 11.2.